The average Bonchev–Trinajstić information content (AvgIpc) is 2.41. The van der Waals surface area contributed by atoms with Crippen molar-refractivity contribution in [3.8, 4) is 0 Å². The van der Waals surface area contributed by atoms with Crippen molar-refractivity contribution in [2.75, 3.05) is 0 Å². The summed E-state index contributed by atoms with van der Waals surface area (Å²) in [7, 11) is 0. The van der Waals surface area contributed by atoms with Gasteiger partial charge in [-0.05, 0) is 33.3 Å². The minimum atomic E-state index is -0.966. The topological polar surface area (TPSA) is 86.9 Å². The van der Waals surface area contributed by atoms with Crippen molar-refractivity contribution in [3.05, 3.63) is 17.5 Å². The van der Waals surface area contributed by atoms with Crippen molar-refractivity contribution >= 4 is 5.91 Å². The van der Waals surface area contributed by atoms with Gasteiger partial charge in [-0.2, -0.15) is 5.10 Å². The predicted molar refractivity (Wildman–Crippen MR) is 58.1 cm³/mol. The highest BCUT2D eigenvalue weighted by Gasteiger charge is 2.25. The quantitative estimate of drug-likeness (QED) is 0.738. The van der Waals surface area contributed by atoms with Crippen molar-refractivity contribution in [2.45, 2.75) is 39.3 Å². The summed E-state index contributed by atoms with van der Waals surface area (Å²) < 4.78 is 1.84. The number of aryl methyl sites for hydroxylation is 3. The minimum absolute atomic E-state index is 0.482. The van der Waals surface area contributed by atoms with Crippen LogP contribution in [0.15, 0.2) is 6.07 Å². The van der Waals surface area contributed by atoms with Gasteiger partial charge in [0.2, 0.25) is 5.91 Å². The molecule has 0 radical (unpaired) electrons. The molecule has 1 aromatic rings. The molecule has 1 atom stereocenters. The molecule has 0 bridgehead atoms. The van der Waals surface area contributed by atoms with Crippen LogP contribution in [0.25, 0.3) is 0 Å². The number of nitrogens with zero attached hydrogens (tertiary/aromatic N) is 2. The molecule has 0 fully saturated rings. The lowest BCUT2D eigenvalue weighted by molar-refractivity contribution is -0.122. The second-order valence-corrected chi connectivity index (χ2v) is 4.18. The summed E-state index contributed by atoms with van der Waals surface area (Å²) in [6, 6.07) is 1.98. The number of nitrogens with two attached hydrogens (primary N) is 2. The second-order valence-electron chi connectivity index (χ2n) is 4.18. The number of amides is 1. The molecule has 0 aliphatic heterocycles. The van der Waals surface area contributed by atoms with Crippen molar-refractivity contribution < 1.29 is 4.79 Å². The Morgan fingerprint density at radius 2 is 2.20 bits per heavy atom. The van der Waals surface area contributed by atoms with Crippen molar-refractivity contribution in [3.63, 3.8) is 0 Å². The van der Waals surface area contributed by atoms with E-state index in [0.717, 1.165) is 11.4 Å². The predicted octanol–water partition coefficient (Wildman–Crippen LogP) is 0.0927. The van der Waals surface area contributed by atoms with E-state index >= 15 is 0 Å². The van der Waals surface area contributed by atoms with E-state index in [-0.39, 0.29) is 0 Å². The maximum absolute atomic E-state index is 11.0. The Morgan fingerprint density at radius 1 is 1.60 bits per heavy atom. The van der Waals surface area contributed by atoms with E-state index in [1.165, 1.54) is 0 Å². The van der Waals surface area contributed by atoms with Gasteiger partial charge in [-0.25, -0.2) is 0 Å². The van der Waals surface area contributed by atoms with Crippen LogP contribution >= 0.6 is 0 Å². The lowest BCUT2D eigenvalue weighted by atomic mass is 9.99. The summed E-state index contributed by atoms with van der Waals surface area (Å²) in [5.74, 6) is -0.482. The van der Waals surface area contributed by atoms with Crippen molar-refractivity contribution in [1.29, 1.82) is 0 Å². The first kappa shape index (κ1) is 11.7. The van der Waals surface area contributed by atoms with E-state index in [4.69, 9.17) is 11.5 Å². The van der Waals surface area contributed by atoms with Gasteiger partial charge in [-0.3, -0.25) is 9.48 Å². The maximum atomic E-state index is 11.0. The van der Waals surface area contributed by atoms with Crippen LogP contribution in [0.5, 0.6) is 0 Å². The first-order valence-corrected chi connectivity index (χ1v) is 4.93. The summed E-state index contributed by atoms with van der Waals surface area (Å²) in [5.41, 5.74) is 12.0. The Morgan fingerprint density at radius 3 is 2.60 bits per heavy atom. The average molecular weight is 210 g/mol. The Bertz CT molecular complexity index is 367. The minimum Gasteiger partial charge on any atom is -0.368 e. The third-order valence-electron chi connectivity index (χ3n) is 2.51. The number of primary amides is 1. The van der Waals surface area contributed by atoms with Gasteiger partial charge in [0.25, 0.3) is 0 Å². The molecule has 1 rings (SSSR count). The van der Waals surface area contributed by atoms with E-state index in [2.05, 4.69) is 5.10 Å². The Hall–Kier alpha value is -1.36. The van der Waals surface area contributed by atoms with E-state index in [9.17, 15) is 4.79 Å². The molecule has 5 heteroatoms. The van der Waals surface area contributed by atoms with Crippen LogP contribution in [-0.4, -0.2) is 21.2 Å². The zero-order valence-electron chi connectivity index (χ0n) is 9.45. The third kappa shape index (κ3) is 2.79. The fraction of sp³-hybridized carbons (Fsp3) is 0.600. The summed E-state index contributed by atoms with van der Waals surface area (Å²) in [6.45, 7) is 6.15. The smallest absolute Gasteiger partial charge is 0.237 e. The van der Waals surface area contributed by atoms with Gasteiger partial charge < -0.3 is 11.5 Å². The van der Waals surface area contributed by atoms with Crippen LogP contribution in [0.3, 0.4) is 0 Å². The first-order chi connectivity index (χ1) is 6.83. The molecule has 0 saturated carbocycles. The molecule has 1 heterocycles. The Labute approximate surface area is 89.4 Å². The van der Waals surface area contributed by atoms with E-state index in [1.54, 1.807) is 6.92 Å². The highest BCUT2D eigenvalue weighted by molar-refractivity contribution is 5.83. The fourth-order valence-electron chi connectivity index (χ4n) is 1.36. The number of aromatic nitrogens is 2. The Kier molecular flexibility index (Phi) is 3.14. The molecule has 5 nitrogen and oxygen atoms in total. The molecule has 15 heavy (non-hydrogen) atoms. The normalized spacial score (nSPS) is 14.9. The monoisotopic (exact) mass is 210 g/mol. The van der Waals surface area contributed by atoms with Crippen LogP contribution in [0.4, 0.5) is 0 Å². The van der Waals surface area contributed by atoms with Crippen LogP contribution in [0.1, 0.15) is 24.7 Å². The zero-order valence-corrected chi connectivity index (χ0v) is 9.45. The van der Waals surface area contributed by atoms with Gasteiger partial charge in [0.15, 0.2) is 0 Å². The van der Waals surface area contributed by atoms with Gasteiger partial charge in [0.05, 0.1) is 11.2 Å². The van der Waals surface area contributed by atoms with Gasteiger partial charge in [-0.1, -0.05) is 0 Å². The Balaban J connectivity index is 2.65. The van der Waals surface area contributed by atoms with Crippen molar-refractivity contribution in [1.82, 2.24) is 9.78 Å². The van der Waals surface area contributed by atoms with Crippen LogP contribution in [-0.2, 0) is 11.3 Å². The molecule has 4 N–H and O–H groups in total. The highest BCUT2D eigenvalue weighted by atomic mass is 16.1. The number of carbonyl (C=O) groups is 1. The summed E-state index contributed by atoms with van der Waals surface area (Å²) in [5, 5.41) is 4.28. The lowest BCUT2D eigenvalue weighted by Crippen LogP contribution is -2.49. The third-order valence-corrected chi connectivity index (χ3v) is 2.51. The van der Waals surface area contributed by atoms with Crippen molar-refractivity contribution in [2.24, 2.45) is 11.5 Å². The van der Waals surface area contributed by atoms with Crippen LogP contribution in [0.2, 0.25) is 0 Å². The molecular formula is C10H18N4O. The van der Waals surface area contributed by atoms with Gasteiger partial charge in [0.1, 0.15) is 0 Å². The molecule has 0 saturated heterocycles. The van der Waals surface area contributed by atoms with Crippen LogP contribution < -0.4 is 11.5 Å². The maximum Gasteiger partial charge on any atom is 0.237 e. The molecular weight excluding hydrogens is 192 g/mol. The molecule has 1 aromatic heterocycles. The molecule has 0 spiro atoms. The fourth-order valence-corrected chi connectivity index (χ4v) is 1.36. The van der Waals surface area contributed by atoms with Crippen LogP contribution in [0, 0.1) is 13.8 Å². The lowest BCUT2D eigenvalue weighted by Gasteiger charge is -2.20. The molecule has 0 aromatic carbocycles. The molecule has 0 aliphatic carbocycles. The molecule has 0 aliphatic rings. The summed E-state index contributed by atoms with van der Waals surface area (Å²) in [4.78, 5) is 11.0. The number of hydrogen-bond donors (Lipinski definition) is 2. The summed E-state index contributed by atoms with van der Waals surface area (Å²) in [6.07, 6.45) is 0.490. The number of carbonyl (C=O) groups excluding carboxylic acids is 1. The van der Waals surface area contributed by atoms with E-state index in [0.29, 0.717) is 13.0 Å². The standard InChI is InChI=1S/C10H18N4O/c1-7-6-8(2)14(13-7)5-4-10(3,12)9(11)15/h6H,4-5,12H2,1-3H3,(H2,11,15). The summed E-state index contributed by atoms with van der Waals surface area (Å²) >= 11 is 0. The number of rotatable bonds is 4. The molecule has 84 valence electrons. The first-order valence-electron chi connectivity index (χ1n) is 4.93. The molecule has 1 unspecified atom stereocenters. The van der Waals surface area contributed by atoms with Gasteiger partial charge in [0, 0.05) is 12.2 Å². The highest BCUT2D eigenvalue weighted by Crippen LogP contribution is 2.09. The number of hydrogen-bond acceptors (Lipinski definition) is 3. The van der Waals surface area contributed by atoms with Gasteiger partial charge in [-0.15, -0.1) is 0 Å². The largest absolute Gasteiger partial charge is 0.368 e. The van der Waals surface area contributed by atoms with E-state index < -0.39 is 11.4 Å². The second kappa shape index (κ2) is 4.02. The van der Waals surface area contributed by atoms with E-state index in [1.807, 2.05) is 24.6 Å². The SMILES string of the molecule is Cc1cc(C)n(CCC(C)(N)C(N)=O)n1. The zero-order chi connectivity index (χ0) is 11.6. The van der Waals surface area contributed by atoms with Gasteiger partial charge >= 0.3 is 0 Å². The molecule has 1 amide bonds.